The highest BCUT2D eigenvalue weighted by Gasteiger charge is 2.24. The van der Waals surface area contributed by atoms with Gasteiger partial charge in [-0.05, 0) is 47.9 Å². The van der Waals surface area contributed by atoms with Gasteiger partial charge in [0.15, 0.2) is 6.61 Å². The van der Waals surface area contributed by atoms with E-state index in [1.54, 1.807) is 0 Å². The minimum atomic E-state index is 0.0771. The molecular weight excluding hydrogens is 352 g/mol. The molecule has 0 unspecified atom stereocenters. The molecule has 2 aliphatic rings. The number of benzene rings is 2. The molecule has 1 saturated heterocycles. The summed E-state index contributed by atoms with van der Waals surface area (Å²) in [5, 5.41) is 0. The van der Waals surface area contributed by atoms with Crippen LogP contribution in [0.15, 0.2) is 42.5 Å². The molecule has 0 atom stereocenters. The maximum atomic E-state index is 12.5. The number of hydrogen-bond donors (Lipinski definition) is 1. The topological polar surface area (TPSA) is 43.2 Å². The Labute approximate surface area is 166 Å². The molecule has 2 aromatic rings. The predicted molar refractivity (Wildman–Crippen MR) is 108 cm³/mol. The number of hydrogen-bond acceptors (Lipinski definition) is 3. The lowest BCUT2D eigenvalue weighted by molar-refractivity contribution is -0.917. The summed E-state index contributed by atoms with van der Waals surface area (Å²) in [5.74, 6) is 1.88. The number of nitrogens with zero attached hydrogens (tertiary/aromatic N) is 1. The van der Waals surface area contributed by atoms with Crippen molar-refractivity contribution in [1.29, 1.82) is 0 Å². The van der Waals surface area contributed by atoms with E-state index in [1.165, 1.54) is 21.6 Å². The number of fused-ring (bicyclic) bond motifs is 1. The lowest BCUT2D eigenvalue weighted by Crippen LogP contribution is -3.13. The molecule has 148 valence electrons. The Morgan fingerprint density at radius 3 is 2.61 bits per heavy atom. The number of carbonyl (C=O) groups is 1. The summed E-state index contributed by atoms with van der Waals surface area (Å²) in [6.45, 7) is 7.59. The lowest BCUT2D eigenvalue weighted by atomic mass is 10.1. The number of ether oxygens (including phenoxy) is 2. The Balaban J connectivity index is 1.22. The molecule has 2 aromatic carbocycles. The van der Waals surface area contributed by atoms with Crippen LogP contribution in [0.1, 0.15) is 23.6 Å². The molecule has 5 heteroatoms. The zero-order chi connectivity index (χ0) is 19.3. The second-order valence-corrected chi connectivity index (χ2v) is 7.63. The molecule has 0 aliphatic carbocycles. The second-order valence-electron chi connectivity index (χ2n) is 7.63. The molecule has 2 heterocycles. The van der Waals surface area contributed by atoms with Gasteiger partial charge in [0.1, 0.15) is 18.0 Å². The van der Waals surface area contributed by atoms with Gasteiger partial charge >= 0.3 is 0 Å². The quantitative estimate of drug-likeness (QED) is 0.825. The third kappa shape index (κ3) is 4.47. The van der Waals surface area contributed by atoms with Gasteiger partial charge in [-0.15, -0.1) is 0 Å². The van der Waals surface area contributed by atoms with Crippen LogP contribution in [0.2, 0.25) is 0 Å². The van der Waals surface area contributed by atoms with E-state index < -0.39 is 0 Å². The van der Waals surface area contributed by atoms with Gasteiger partial charge in [0.05, 0.1) is 32.8 Å². The summed E-state index contributed by atoms with van der Waals surface area (Å²) >= 11 is 0. The monoisotopic (exact) mass is 381 g/mol. The summed E-state index contributed by atoms with van der Waals surface area (Å²) in [6, 6.07) is 14.5. The first-order valence-electron chi connectivity index (χ1n) is 10.3. The summed E-state index contributed by atoms with van der Waals surface area (Å²) < 4.78 is 11.3. The van der Waals surface area contributed by atoms with Gasteiger partial charge in [-0.2, -0.15) is 0 Å². The van der Waals surface area contributed by atoms with Crippen LogP contribution in [0.3, 0.4) is 0 Å². The van der Waals surface area contributed by atoms with E-state index >= 15 is 0 Å². The number of piperazine rings is 1. The average molecular weight is 381 g/mol. The van der Waals surface area contributed by atoms with Gasteiger partial charge in [-0.25, -0.2) is 0 Å². The summed E-state index contributed by atoms with van der Waals surface area (Å²) in [4.78, 5) is 15.9. The molecule has 1 amide bonds. The number of quaternary nitrogens is 1. The fourth-order valence-corrected chi connectivity index (χ4v) is 3.95. The lowest BCUT2D eigenvalue weighted by Gasteiger charge is -2.32. The van der Waals surface area contributed by atoms with E-state index in [0.717, 1.165) is 63.7 Å². The van der Waals surface area contributed by atoms with Crippen molar-refractivity contribution in [3.63, 3.8) is 0 Å². The maximum absolute atomic E-state index is 12.5. The fraction of sp³-hybridized carbons (Fsp3) is 0.435. The SMILES string of the molecule is CCc1ccc(OCC(=O)N2CC[NH+](Cc3ccc4c(c3)CCO4)CC2)cc1. The van der Waals surface area contributed by atoms with Crippen molar-refractivity contribution >= 4 is 5.91 Å². The maximum Gasteiger partial charge on any atom is 0.260 e. The van der Waals surface area contributed by atoms with Gasteiger partial charge in [-0.3, -0.25) is 4.79 Å². The smallest absolute Gasteiger partial charge is 0.260 e. The Kier molecular flexibility index (Phi) is 5.81. The van der Waals surface area contributed by atoms with Crippen molar-refractivity contribution in [3.05, 3.63) is 59.2 Å². The summed E-state index contributed by atoms with van der Waals surface area (Å²) in [6.07, 6.45) is 2.02. The van der Waals surface area contributed by atoms with E-state index in [9.17, 15) is 4.79 Å². The Bertz CT molecular complexity index is 811. The molecule has 1 N–H and O–H groups in total. The zero-order valence-electron chi connectivity index (χ0n) is 16.6. The van der Waals surface area contributed by atoms with Crippen LogP contribution >= 0.6 is 0 Å². The van der Waals surface area contributed by atoms with Gasteiger partial charge in [-0.1, -0.05) is 19.1 Å². The van der Waals surface area contributed by atoms with E-state index in [2.05, 4.69) is 25.1 Å². The third-order valence-corrected chi connectivity index (χ3v) is 5.73. The van der Waals surface area contributed by atoms with Crippen molar-refractivity contribution in [1.82, 2.24) is 4.90 Å². The number of rotatable bonds is 6. The highest BCUT2D eigenvalue weighted by atomic mass is 16.5. The van der Waals surface area contributed by atoms with Gasteiger partial charge in [0.2, 0.25) is 0 Å². The van der Waals surface area contributed by atoms with Crippen molar-refractivity contribution < 1.29 is 19.2 Å². The van der Waals surface area contributed by atoms with E-state index in [1.807, 2.05) is 29.2 Å². The molecule has 5 nitrogen and oxygen atoms in total. The van der Waals surface area contributed by atoms with Crippen LogP contribution < -0.4 is 14.4 Å². The first kappa shape index (κ1) is 18.8. The van der Waals surface area contributed by atoms with Crippen molar-refractivity contribution in [2.24, 2.45) is 0 Å². The first-order valence-corrected chi connectivity index (χ1v) is 10.3. The minimum Gasteiger partial charge on any atom is -0.493 e. The van der Waals surface area contributed by atoms with Crippen molar-refractivity contribution in [3.8, 4) is 11.5 Å². The average Bonchev–Trinajstić information content (AvgIpc) is 3.21. The number of carbonyl (C=O) groups excluding carboxylic acids is 1. The van der Waals surface area contributed by atoms with Crippen LogP contribution in [0.5, 0.6) is 11.5 Å². The molecule has 0 radical (unpaired) electrons. The molecule has 0 spiro atoms. The van der Waals surface area contributed by atoms with Crippen LogP contribution in [0.4, 0.5) is 0 Å². The van der Waals surface area contributed by atoms with Crippen LogP contribution in [-0.4, -0.2) is 50.2 Å². The zero-order valence-corrected chi connectivity index (χ0v) is 16.6. The van der Waals surface area contributed by atoms with E-state index in [0.29, 0.717) is 0 Å². The Morgan fingerprint density at radius 1 is 1.11 bits per heavy atom. The second kappa shape index (κ2) is 8.65. The molecule has 28 heavy (non-hydrogen) atoms. The normalized spacial score (nSPS) is 16.5. The largest absolute Gasteiger partial charge is 0.493 e. The molecule has 0 saturated carbocycles. The summed E-state index contributed by atoms with van der Waals surface area (Å²) in [5.41, 5.74) is 3.96. The fourth-order valence-electron chi connectivity index (χ4n) is 3.95. The molecule has 4 rings (SSSR count). The van der Waals surface area contributed by atoms with Crippen molar-refractivity contribution in [2.45, 2.75) is 26.3 Å². The van der Waals surface area contributed by atoms with Crippen LogP contribution in [-0.2, 0) is 24.2 Å². The molecule has 1 fully saturated rings. The summed E-state index contributed by atoms with van der Waals surface area (Å²) in [7, 11) is 0. The highest BCUT2D eigenvalue weighted by Crippen LogP contribution is 2.25. The third-order valence-electron chi connectivity index (χ3n) is 5.73. The van der Waals surface area contributed by atoms with E-state index in [-0.39, 0.29) is 12.5 Å². The number of nitrogens with one attached hydrogen (secondary N) is 1. The van der Waals surface area contributed by atoms with Gasteiger partial charge < -0.3 is 19.3 Å². The Hall–Kier alpha value is -2.53. The minimum absolute atomic E-state index is 0.0771. The Morgan fingerprint density at radius 2 is 1.86 bits per heavy atom. The highest BCUT2D eigenvalue weighted by molar-refractivity contribution is 5.77. The number of amides is 1. The number of aryl methyl sites for hydroxylation is 1. The first-order chi connectivity index (χ1) is 13.7. The predicted octanol–water partition coefficient (Wildman–Crippen LogP) is 1.49. The molecule has 2 aliphatic heterocycles. The van der Waals surface area contributed by atoms with E-state index in [4.69, 9.17) is 9.47 Å². The van der Waals surface area contributed by atoms with Crippen LogP contribution in [0, 0.1) is 0 Å². The molecular formula is C23H29N2O3+. The standard InChI is InChI=1S/C23H28N2O3/c1-2-18-3-6-21(7-4-18)28-17-23(26)25-12-10-24(11-13-25)16-19-5-8-22-20(15-19)9-14-27-22/h3-8,15H,2,9-14,16-17H2,1H3/p+1. The van der Waals surface area contributed by atoms with Crippen LogP contribution in [0.25, 0.3) is 0 Å². The van der Waals surface area contributed by atoms with Crippen molar-refractivity contribution in [2.75, 3.05) is 39.4 Å². The molecule has 0 aromatic heterocycles. The molecule has 0 bridgehead atoms. The van der Waals surface area contributed by atoms with Gasteiger partial charge in [0, 0.05) is 12.0 Å². The van der Waals surface area contributed by atoms with Gasteiger partial charge in [0.25, 0.3) is 5.91 Å².